The lowest BCUT2D eigenvalue weighted by Crippen LogP contribution is -2.15. The molecular formula is C15H17N5O4. The Kier molecular flexibility index (Phi) is 5.25. The Hall–Kier alpha value is -3.23. The first kappa shape index (κ1) is 17.1. The number of hydrogen-bond donors (Lipinski definition) is 1. The van der Waals surface area contributed by atoms with E-state index in [9.17, 15) is 14.9 Å². The van der Waals surface area contributed by atoms with Crippen LogP contribution >= 0.6 is 0 Å². The quantitative estimate of drug-likeness (QED) is 0.485. The molecule has 0 aliphatic carbocycles. The minimum Gasteiger partial charge on any atom is -0.465 e. The van der Waals surface area contributed by atoms with Gasteiger partial charge in [0.15, 0.2) is 0 Å². The highest BCUT2D eigenvalue weighted by Crippen LogP contribution is 2.24. The Morgan fingerprint density at radius 1 is 1.42 bits per heavy atom. The molecule has 0 aliphatic heterocycles. The molecule has 0 bridgehead atoms. The first-order valence-electron chi connectivity index (χ1n) is 7.02. The van der Waals surface area contributed by atoms with E-state index in [-0.39, 0.29) is 17.1 Å². The minimum absolute atomic E-state index is 0.0186. The van der Waals surface area contributed by atoms with Crippen LogP contribution in [0.4, 0.5) is 17.3 Å². The molecular weight excluding hydrogens is 314 g/mol. The SMILES string of the molecule is COC(=O)c1cnc(NCc2cccnc2N(C)C)c([N+](=O)[O-])c1. The molecule has 2 rings (SSSR count). The van der Waals surface area contributed by atoms with Crippen LogP contribution < -0.4 is 10.2 Å². The number of esters is 1. The Morgan fingerprint density at radius 2 is 2.17 bits per heavy atom. The molecule has 0 radical (unpaired) electrons. The number of hydrogen-bond acceptors (Lipinski definition) is 8. The second-order valence-corrected chi connectivity index (χ2v) is 5.07. The van der Waals surface area contributed by atoms with Crippen molar-refractivity contribution in [1.29, 1.82) is 0 Å². The highest BCUT2D eigenvalue weighted by molar-refractivity contribution is 5.90. The lowest BCUT2D eigenvalue weighted by atomic mass is 10.2. The van der Waals surface area contributed by atoms with Crippen molar-refractivity contribution >= 4 is 23.3 Å². The van der Waals surface area contributed by atoms with Crippen molar-refractivity contribution in [2.75, 3.05) is 31.4 Å². The zero-order chi connectivity index (χ0) is 17.7. The van der Waals surface area contributed by atoms with Crippen LogP contribution in [0, 0.1) is 10.1 Å². The maximum absolute atomic E-state index is 11.5. The van der Waals surface area contributed by atoms with Gasteiger partial charge in [0.05, 0.1) is 17.6 Å². The second kappa shape index (κ2) is 7.36. The zero-order valence-corrected chi connectivity index (χ0v) is 13.5. The molecule has 9 nitrogen and oxygen atoms in total. The molecule has 2 heterocycles. The van der Waals surface area contributed by atoms with Gasteiger partial charge in [-0.15, -0.1) is 0 Å². The van der Waals surface area contributed by atoms with Crippen molar-refractivity contribution in [3.05, 3.63) is 51.8 Å². The summed E-state index contributed by atoms with van der Waals surface area (Å²) in [6, 6.07) is 4.79. The van der Waals surface area contributed by atoms with Gasteiger partial charge in [0.1, 0.15) is 5.82 Å². The number of carbonyl (C=O) groups is 1. The molecule has 0 fully saturated rings. The summed E-state index contributed by atoms with van der Waals surface area (Å²) in [6.45, 7) is 0.298. The van der Waals surface area contributed by atoms with Gasteiger partial charge in [-0.05, 0) is 6.07 Å². The molecule has 0 spiro atoms. The number of nitro groups is 1. The number of ether oxygens (including phenoxy) is 1. The summed E-state index contributed by atoms with van der Waals surface area (Å²) < 4.78 is 4.55. The van der Waals surface area contributed by atoms with Crippen molar-refractivity contribution < 1.29 is 14.5 Å². The van der Waals surface area contributed by atoms with E-state index in [1.807, 2.05) is 25.1 Å². The van der Waals surface area contributed by atoms with E-state index in [1.165, 1.54) is 13.3 Å². The van der Waals surface area contributed by atoms with Crippen LogP contribution in [-0.2, 0) is 11.3 Å². The van der Waals surface area contributed by atoms with Crippen molar-refractivity contribution in [1.82, 2.24) is 9.97 Å². The molecule has 0 aliphatic rings. The van der Waals surface area contributed by atoms with Gasteiger partial charge in [-0.1, -0.05) is 6.07 Å². The van der Waals surface area contributed by atoms with Crippen molar-refractivity contribution in [3.8, 4) is 0 Å². The third-order valence-electron chi connectivity index (χ3n) is 3.22. The number of aromatic nitrogens is 2. The monoisotopic (exact) mass is 331 g/mol. The fourth-order valence-electron chi connectivity index (χ4n) is 2.11. The summed E-state index contributed by atoms with van der Waals surface area (Å²) in [6.07, 6.45) is 2.90. The molecule has 1 N–H and O–H groups in total. The van der Waals surface area contributed by atoms with Crippen LogP contribution in [0.15, 0.2) is 30.6 Å². The molecule has 0 saturated heterocycles. The number of anilines is 2. The summed E-state index contributed by atoms with van der Waals surface area (Å²) in [4.78, 5) is 32.2. The maximum Gasteiger partial charge on any atom is 0.339 e. The molecule has 2 aromatic heterocycles. The Bertz CT molecular complexity index is 763. The zero-order valence-electron chi connectivity index (χ0n) is 13.5. The van der Waals surface area contributed by atoms with Crippen LogP contribution in [-0.4, -0.2) is 42.1 Å². The fourth-order valence-corrected chi connectivity index (χ4v) is 2.11. The molecule has 24 heavy (non-hydrogen) atoms. The van der Waals surface area contributed by atoms with E-state index in [2.05, 4.69) is 20.0 Å². The van der Waals surface area contributed by atoms with E-state index in [4.69, 9.17) is 0 Å². The van der Waals surface area contributed by atoms with E-state index in [0.29, 0.717) is 6.54 Å². The highest BCUT2D eigenvalue weighted by atomic mass is 16.6. The van der Waals surface area contributed by atoms with E-state index < -0.39 is 10.9 Å². The van der Waals surface area contributed by atoms with Crippen LogP contribution in [0.2, 0.25) is 0 Å². The van der Waals surface area contributed by atoms with Crippen LogP contribution in [0.3, 0.4) is 0 Å². The summed E-state index contributed by atoms with van der Waals surface area (Å²) in [5.74, 6) is 0.138. The van der Waals surface area contributed by atoms with Gasteiger partial charge >= 0.3 is 11.7 Å². The Balaban J connectivity index is 2.27. The normalized spacial score (nSPS) is 10.1. The van der Waals surface area contributed by atoms with Crippen molar-refractivity contribution in [2.45, 2.75) is 6.54 Å². The minimum atomic E-state index is -0.681. The van der Waals surface area contributed by atoms with Crippen molar-refractivity contribution in [2.24, 2.45) is 0 Å². The van der Waals surface area contributed by atoms with Gasteiger partial charge in [-0.25, -0.2) is 14.8 Å². The summed E-state index contributed by atoms with van der Waals surface area (Å²) in [5, 5.41) is 14.1. The fraction of sp³-hybridized carbons (Fsp3) is 0.267. The average molecular weight is 331 g/mol. The molecule has 0 unspecified atom stereocenters. The van der Waals surface area contributed by atoms with Gasteiger partial charge < -0.3 is 15.0 Å². The molecule has 2 aromatic rings. The molecule has 0 aromatic carbocycles. The first-order valence-corrected chi connectivity index (χ1v) is 7.02. The average Bonchev–Trinajstić information content (AvgIpc) is 2.59. The number of rotatable bonds is 6. The number of nitrogens with one attached hydrogen (secondary N) is 1. The van der Waals surface area contributed by atoms with Gasteiger partial charge in [-0.2, -0.15) is 0 Å². The van der Waals surface area contributed by atoms with Gasteiger partial charge in [0.2, 0.25) is 5.82 Å². The number of nitrogens with zero attached hydrogens (tertiary/aromatic N) is 4. The van der Waals surface area contributed by atoms with E-state index >= 15 is 0 Å². The van der Waals surface area contributed by atoms with Crippen LogP contribution in [0.25, 0.3) is 0 Å². The third kappa shape index (κ3) is 3.75. The topological polar surface area (TPSA) is 110 Å². The molecule has 0 amide bonds. The highest BCUT2D eigenvalue weighted by Gasteiger charge is 2.19. The lowest BCUT2D eigenvalue weighted by Gasteiger charge is -2.16. The number of carbonyl (C=O) groups excluding carboxylic acids is 1. The molecule has 9 heteroatoms. The first-order chi connectivity index (χ1) is 11.4. The summed E-state index contributed by atoms with van der Waals surface area (Å²) in [5.41, 5.74) is 0.578. The largest absolute Gasteiger partial charge is 0.465 e. The third-order valence-corrected chi connectivity index (χ3v) is 3.22. The van der Waals surface area contributed by atoms with Gasteiger partial charge in [0, 0.05) is 44.7 Å². The predicted octanol–water partition coefficient (Wildman–Crippen LogP) is 1.85. The smallest absolute Gasteiger partial charge is 0.339 e. The van der Waals surface area contributed by atoms with E-state index in [0.717, 1.165) is 17.4 Å². The Labute approximate surface area is 138 Å². The molecule has 0 atom stereocenters. The van der Waals surface area contributed by atoms with Crippen molar-refractivity contribution in [3.63, 3.8) is 0 Å². The van der Waals surface area contributed by atoms with Crippen LogP contribution in [0.5, 0.6) is 0 Å². The van der Waals surface area contributed by atoms with Gasteiger partial charge in [-0.3, -0.25) is 10.1 Å². The molecule has 0 saturated carbocycles. The van der Waals surface area contributed by atoms with E-state index in [1.54, 1.807) is 12.3 Å². The van der Waals surface area contributed by atoms with Crippen LogP contribution in [0.1, 0.15) is 15.9 Å². The predicted molar refractivity (Wildman–Crippen MR) is 88.1 cm³/mol. The molecule has 126 valence electrons. The second-order valence-electron chi connectivity index (χ2n) is 5.07. The summed E-state index contributed by atoms with van der Waals surface area (Å²) in [7, 11) is 4.92. The Morgan fingerprint density at radius 3 is 2.79 bits per heavy atom. The van der Waals surface area contributed by atoms with Gasteiger partial charge in [0.25, 0.3) is 0 Å². The number of pyridine rings is 2. The lowest BCUT2D eigenvalue weighted by molar-refractivity contribution is -0.384. The standard InChI is InChI=1S/C15H17N5O4/c1-19(2)14-10(5-4-6-16-14)8-17-13-12(20(22)23)7-11(9-18-13)15(21)24-3/h4-7,9H,8H2,1-3H3,(H,17,18). The number of methoxy groups -OCH3 is 1. The summed E-state index contributed by atoms with van der Waals surface area (Å²) >= 11 is 0. The maximum atomic E-state index is 11.5.